The molecule has 0 spiro atoms. The molecule has 42 heavy (non-hydrogen) atoms. The molecule has 0 aliphatic carbocycles. The molecule has 0 saturated heterocycles. The van der Waals surface area contributed by atoms with Gasteiger partial charge in [0, 0.05) is 56.7 Å². The summed E-state index contributed by atoms with van der Waals surface area (Å²) in [5.41, 5.74) is 7.51. The molecule has 6 aromatic rings. The second-order valence-electron chi connectivity index (χ2n) is 10.7. The number of para-hydroxylation sites is 1. The number of amides is 1. The van der Waals surface area contributed by atoms with Gasteiger partial charge in [-0.15, -0.1) is 0 Å². The van der Waals surface area contributed by atoms with E-state index < -0.39 is 0 Å². The third-order valence-electron chi connectivity index (χ3n) is 7.17. The molecule has 0 radical (unpaired) electrons. The Morgan fingerprint density at radius 2 is 1.79 bits per heavy atom. The maximum Gasteiger partial charge on any atom is 0.269 e. The van der Waals surface area contributed by atoms with E-state index in [9.17, 15) is 4.79 Å². The fourth-order valence-corrected chi connectivity index (χ4v) is 5.11. The smallest absolute Gasteiger partial charge is 0.269 e. The first-order valence-corrected chi connectivity index (χ1v) is 14.0. The van der Waals surface area contributed by atoms with Crippen LogP contribution in [0.1, 0.15) is 31.3 Å². The highest BCUT2D eigenvalue weighted by Gasteiger charge is 2.14. The fraction of sp³-hybridized carbons (Fsp3) is 0.176. The molecule has 0 atom stereocenters. The Morgan fingerprint density at radius 1 is 0.952 bits per heavy atom. The predicted octanol–water partition coefficient (Wildman–Crippen LogP) is 7.52. The molecule has 3 heterocycles. The molecular formula is C34H34N6O2. The van der Waals surface area contributed by atoms with Crippen molar-refractivity contribution in [1.29, 1.82) is 0 Å². The summed E-state index contributed by atoms with van der Waals surface area (Å²) in [6.07, 6.45) is 4.48. The van der Waals surface area contributed by atoms with Crippen LogP contribution in [-0.2, 0) is 13.5 Å². The molecule has 8 nitrogen and oxygen atoms in total. The minimum absolute atomic E-state index is 0. The monoisotopic (exact) mass is 558 g/mol. The van der Waals surface area contributed by atoms with Crippen LogP contribution >= 0.6 is 0 Å². The van der Waals surface area contributed by atoms with E-state index in [1.165, 1.54) is 5.56 Å². The molecule has 0 bridgehead atoms. The Kier molecular flexibility index (Phi) is 7.27. The van der Waals surface area contributed by atoms with Gasteiger partial charge in [0.2, 0.25) is 5.95 Å². The molecule has 0 unspecified atom stereocenters. The van der Waals surface area contributed by atoms with Crippen LogP contribution in [0.5, 0.6) is 11.5 Å². The van der Waals surface area contributed by atoms with Crippen molar-refractivity contribution >= 4 is 39.5 Å². The molecule has 8 heteroatoms. The number of ether oxygens (including phenoxy) is 1. The first-order valence-electron chi connectivity index (χ1n) is 14.0. The number of rotatable bonds is 8. The summed E-state index contributed by atoms with van der Waals surface area (Å²) in [5.74, 6) is 2.11. The van der Waals surface area contributed by atoms with Gasteiger partial charge in [-0.3, -0.25) is 14.8 Å². The highest BCUT2D eigenvalue weighted by molar-refractivity contribution is 5.92. The van der Waals surface area contributed by atoms with Crippen LogP contribution < -0.4 is 15.4 Å². The number of nitrogens with zero attached hydrogens (tertiary/aromatic N) is 4. The third-order valence-corrected chi connectivity index (χ3v) is 7.17. The van der Waals surface area contributed by atoms with Gasteiger partial charge in [-0.05, 0) is 65.9 Å². The SMILES string of the molecule is CNC(=O)c1cc(Oc2ccc3c(c2)nc(Nc2ccc(CC(C)C)c(-c4cnc5ccccc5c4)c2)n3C)ccn1.[HH]. The maximum atomic E-state index is 12.0. The topological polar surface area (TPSA) is 94.0 Å². The number of carbonyl (C=O) groups is 1. The molecule has 0 aliphatic rings. The number of anilines is 2. The van der Waals surface area contributed by atoms with E-state index in [0.717, 1.165) is 45.2 Å². The van der Waals surface area contributed by atoms with Crippen molar-refractivity contribution < 1.29 is 11.0 Å². The van der Waals surface area contributed by atoms with E-state index >= 15 is 0 Å². The Morgan fingerprint density at radius 3 is 2.62 bits per heavy atom. The number of fused-ring (bicyclic) bond motifs is 2. The van der Waals surface area contributed by atoms with Crippen LogP contribution in [0, 0.1) is 5.92 Å². The van der Waals surface area contributed by atoms with Crippen LogP contribution in [-0.4, -0.2) is 32.5 Å². The van der Waals surface area contributed by atoms with E-state index in [1.54, 1.807) is 25.4 Å². The zero-order chi connectivity index (χ0) is 29.2. The lowest BCUT2D eigenvalue weighted by molar-refractivity contribution is 0.0958. The standard InChI is InChI=1S/C34H32N6O2.H2/c1-21(2)15-22-9-10-25(17-28(22)24-16-23-7-5-6-8-29(23)37-20-24)38-34-39-30-18-26(11-12-32(30)40(34)4)42-27-13-14-36-31(19-27)33(41)35-3;/h5-14,16-21H,15H2,1-4H3,(H,35,41)(H,38,39);1H. The lowest BCUT2D eigenvalue weighted by atomic mass is 9.93. The number of imidazole rings is 1. The van der Waals surface area contributed by atoms with Crippen LogP contribution in [0.3, 0.4) is 0 Å². The maximum absolute atomic E-state index is 12.0. The van der Waals surface area contributed by atoms with Crippen molar-refractivity contribution in [3.8, 4) is 22.6 Å². The Labute approximate surface area is 245 Å². The summed E-state index contributed by atoms with van der Waals surface area (Å²) in [6, 6.07) is 26.0. The van der Waals surface area contributed by atoms with Gasteiger partial charge in [0.15, 0.2) is 0 Å². The van der Waals surface area contributed by atoms with Gasteiger partial charge in [-0.25, -0.2) is 4.98 Å². The highest BCUT2D eigenvalue weighted by atomic mass is 16.5. The Bertz CT molecular complexity index is 1930. The number of nitrogens with one attached hydrogen (secondary N) is 2. The summed E-state index contributed by atoms with van der Waals surface area (Å²) in [5, 5.41) is 7.22. The quantitative estimate of drug-likeness (QED) is 0.201. The molecule has 0 fully saturated rings. The van der Waals surface area contributed by atoms with Gasteiger partial charge in [0.05, 0.1) is 16.6 Å². The van der Waals surface area contributed by atoms with Crippen molar-refractivity contribution in [3.63, 3.8) is 0 Å². The number of benzene rings is 3. The molecule has 3 aromatic heterocycles. The number of aromatic nitrogens is 4. The van der Waals surface area contributed by atoms with E-state index in [4.69, 9.17) is 14.7 Å². The van der Waals surface area contributed by atoms with Gasteiger partial charge >= 0.3 is 0 Å². The fourth-order valence-electron chi connectivity index (χ4n) is 5.11. The second kappa shape index (κ2) is 11.3. The van der Waals surface area contributed by atoms with Crippen molar-refractivity contribution in [2.45, 2.75) is 20.3 Å². The minimum atomic E-state index is -0.270. The number of carbonyl (C=O) groups excluding carboxylic acids is 1. The number of pyridine rings is 2. The normalized spacial score (nSPS) is 11.3. The number of hydrogen-bond donors (Lipinski definition) is 2. The summed E-state index contributed by atoms with van der Waals surface area (Å²) in [4.78, 5) is 25.6. The number of aryl methyl sites for hydroxylation is 1. The van der Waals surface area contributed by atoms with Crippen molar-refractivity contribution in [2.75, 3.05) is 12.4 Å². The molecule has 3 aromatic carbocycles. The molecule has 212 valence electrons. The van der Waals surface area contributed by atoms with Gasteiger partial charge in [0.25, 0.3) is 5.91 Å². The van der Waals surface area contributed by atoms with Crippen LogP contribution in [0.25, 0.3) is 33.1 Å². The second-order valence-corrected chi connectivity index (χ2v) is 10.7. The molecule has 0 saturated carbocycles. The summed E-state index contributed by atoms with van der Waals surface area (Å²) < 4.78 is 8.06. The lowest BCUT2D eigenvalue weighted by Gasteiger charge is -2.15. The molecule has 6 rings (SSSR count). The van der Waals surface area contributed by atoms with Crippen molar-refractivity contribution in [1.82, 2.24) is 24.8 Å². The zero-order valence-corrected chi connectivity index (χ0v) is 24.1. The van der Waals surface area contributed by atoms with Crippen LogP contribution in [0.15, 0.2) is 91.3 Å². The average molecular weight is 559 g/mol. The Balaban J connectivity index is 0.00000368. The first kappa shape index (κ1) is 27.0. The van der Waals surface area contributed by atoms with Crippen molar-refractivity contribution in [3.05, 3.63) is 103 Å². The van der Waals surface area contributed by atoms with E-state index in [2.05, 4.69) is 59.8 Å². The minimum Gasteiger partial charge on any atom is -0.457 e. The first-order chi connectivity index (χ1) is 20.4. The van der Waals surface area contributed by atoms with E-state index in [1.807, 2.05) is 54.2 Å². The van der Waals surface area contributed by atoms with E-state index in [0.29, 0.717) is 29.1 Å². The largest absolute Gasteiger partial charge is 0.457 e. The highest BCUT2D eigenvalue weighted by Crippen LogP contribution is 2.33. The van der Waals surface area contributed by atoms with Crippen LogP contribution in [0.2, 0.25) is 0 Å². The molecule has 1 amide bonds. The zero-order valence-electron chi connectivity index (χ0n) is 24.1. The Hall–Kier alpha value is -5.24. The third kappa shape index (κ3) is 5.51. The van der Waals surface area contributed by atoms with Crippen LogP contribution in [0.4, 0.5) is 11.6 Å². The summed E-state index contributed by atoms with van der Waals surface area (Å²) >= 11 is 0. The van der Waals surface area contributed by atoms with Gasteiger partial charge in [0.1, 0.15) is 17.2 Å². The summed E-state index contributed by atoms with van der Waals surface area (Å²) in [6.45, 7) is 4.48. The predicted molar refractivity (Wildman–Crippen MR) is 170 cm³/mol. The molecule has 2 N–H and O–H groups in total. The van der Waals surface area contributed by atoms with Crippen molar-refractivity contribution in [2.24, 2.45) is 13.0 Å². The number of hydrogen-bond acceptors (Lipinski definition) is 6. The van der Waals surface area contributed by atoms with E-state index in [-0.39, 0.29) is 7.33 Å². The van der Waals surface area contributed by atoms with Gasteiger partial charge < -0.3 is 19.9 Å². The lowest BCUT2D eigenvalue weighted by Crippen LogP contribution is -2.18. The van der Waals surface area contributed by atoms with Gasteiger partial charge in [-0.1, -0.05) is 38.1 Å². The molecular weight excluding hydrogens is 524 g/mol. The van der Waals surface area contributed by atoms with Gasteiger partial charge in [-0.2, -0.15) is 0 Å². The molecule has 0 aliphatic heterocycles. The average Bonchev–Trinajstić information content (AvgIpc) is 3.30. The summed E-state index contributed by atoms with van der Waals surface area (Å²) in [7, 11) is 3.55.